The molecule has 0 atom stereocenters. The second kappa shape index (κ2) is 5.94. The van der Waals surface area contributed by atoms with Crippen LogP contribution in [-0.4, -0.2) is 22.8 Å². The molecule has 0 aliphatic carbocycles. The van der Waals surface area contributed by atoms with Gasteiger partial charge in [0.1, 0.15) is 5.60 Å². The predicted molar refractivity (Wildman–Crippen MR) is 80.7 cm³/mol. The summed E-state index contributed by atoms with van der Waals surface area (Å²) in [5.74, 6) is -1.10. The smallest absolute Gasteiger partial charge is 0.443 e. The Hall–Kier alpha value is -1.38. The Morgan fingerprint density at radius 2 is 1.90 bits per heavy atom. The number of amides is 1. The van der Waals surface area contributed by atoms with Crippen LogP contribution in [0.1, 0.15) is 36.7 Å². The number of hydrogen-bond donors (Lipinski definition) is 1. The van der Waals surface area contributed by atoms with Gasteiger partial charge in [-0.1, -0.05) is 4.48 Å². The van der Waals surface area contributed by atoms with E-state index in [1.807, 2.05) is 0 Å². The van der Waals surface area contributed by atoms with Gasteiger partial charge in [-0.05, 0) is 68.0 Å². The van der Waals surface area contributed by atoms with Gasteiger partial charge in [0.2, 0.25) is 0 Å². The van der Waals surface area contributed by atoms with Crippen molar-refractivity contribution in [2.45, 2.75) is 33.3 Å². The van der Waals surface area contributed by atoms with E-state index in [1.54, 1.807) is 50.3 Å². The summed E-state index contributed by atoms with van der Waals surface area (Å²) in [6.45, 7) is 6.44. The first kappa shape index (κ1) is 16.7. The minimum absolute atomic E-state index is 0.0395. The Morgan fingerprint density at radius 1 is 1.35 bits per heavy atom. The highest BCUT2D eigenvalue weighted by molar-refractivity contribution is 14.1. The Morgan fingerprint density at radius 3 is 2.35 bits per heavy atom. The number of carbonyl (C=O) groups is 2. The third kappa shape index (κ3) is 3.81. The Balaban J connectivity index is 3.12. The second-order valence-corrected chi connectivity index (χ2v) is 6.22. The number of ether oxygens (including phenoxy) is 1. The van der Waals surface area contributed by atoms with Crippen LogP contribution < -0.4 is 5.12 Å². The Labute approximate surface area is 129 Å². The summed E-state index contributed by atoms with van der Waals surface area (Å²) in [4.78, 5) is 22.6. The molecule has 110 valence electrons. The summed E-state index contributed by atoms with van der Waals surface area (Å²) in [5, 5.41) is 8.86. The summed E-state index contributed by atoms with van der Waals surface area (Å²) < 4.78 is 19.3. The molecule has 0 heterocycles. The standard InChI is InChI=1S/C13H15FINO4/c1-7-8(11(17)18)5-6-9(10(7)15)16(14)12(19)20-13(2,3)4/h5-6H,1-4H3,(H,17,18). The first-order valence-corrected chi connectivity index (χ1v) is 6.83. The molecule has 0 radical (unpaired) electrons. The molecule has 0 saturated carbocycles. The van der Waals surface area contributed by atoms with Crippen molar-refractivity contribution >= 4 is 40.3 Å². The number of benzene rings is 1. The average Bonchev–Trinajstić information content (AvgIpc) is 2.29. The van der Waals surface area contributed by atoms with Crippen molar-refractivity contribution in [3.05, 3.63) is 26.8 Å². The molecule has 1 rings (SSSR count). The maximum absolute atomic E-state index is 14.0. The molecule has 20 heavy (non-hydrogen) atoms. The fourth-order valence-electron chi connectivity index (χ4n) is 1.45. The third-order valence-corrected chi connectivity index (χ3v) is 3.72. The van der Waals surface area contributed by atoms with Crippen molar-refractivity contribution in [2.24, 2.45) is 0 Å². The summed E-state index contributed by atoms with van der Waals surface area (Å²) in [7, 11) is 0. The number of anilines is 1. The largest absolute Gasteiger partial charge is 0.478 e. The number of nitrogens with zero attached hydrogens (tertiary/aromatic N) is 1. The first-order valence-electron chi connectivity index (χ1n) is 5.76. The summed E-state index contributed by atoms with van der Waals surface area (Å²) in [5.41, 5.74) is -0.400. The molecule has 0 aliphatic heterocycles. The van der Waals surface area contributed by atoms with Crippen LogP contribution >= 0.6 is 22.6 Å². The van der Waals surface area contributed by atoms with E-state index in [-0.39, 0.29) is 16.4 Å². The normalized spacial score (nSPS) is 11.1. The van der Waals surface area contributed by atoms with Gasteiger partial charge in [0.25, 0.3) is 0 Å². The zero-order valence-electron chi connectivity index (χ0n) is 11.5. The van der Waals surface area contributed by atoms with Crippen molar-refractivity contribution in [2.75, 3.05) is 5.12 Å². The molecule has 1 N–H and O–H groups in total. The molecule has 5 nitrogen and oxygen atoms in total. The number of rotatable bonds is 2. The third-order valence-electron chi connectivity index (χ3n) is 2.36. The molecular formula is C13H15FINO4. The number of carboxylic acids is 1. The number of hydrogen-bond acceptors (Lipinski definition) is 3. The second-order valence-electron chi connectivity index (χ2n) is 5.14. The van der Waals surface area contributed by atoms with Crippen molar-refractivity contribution < 1.29 is 23.9 Å². The summed E-state index contributed by atoms with van der Waals surface area (Å²) in [6, 6.07) is 2.49. The SMILES string of the molecule is Cc1c(C(=O)O)ccc(N(F)C(=O)OC(C)(C)C)c1I. The monoisotopic (exact) mass is 395 g/mol. The molecule has 0 bridgehead atoms. The molecule has 0 saturated heterocycles. The van der Waals surface area contributed by atoms with Gasteiger partial charge in [0.05, 0.1) is 11.3 Å². The first-order chi connectivity index (χ1) is 9.04. The molecule has 0 fully saturated rings. The van der Waals surface area contributed by atoms with Crippen LogP contribution in [0.5, 0.6) is 0 Å². The molecular weight excluding hydrogens is 380 g/mol. The molecule has 1 amide bonds. The van der Waals surface area contributed by atoms with E-state index < -0.39 is 17.7 Å². The van der Waals surface area contributed by atoms with E-state index in [2.05, 4.69) is 0 Å². The van der Waals surface area contributed by atoms with Gasteiger partial charge in [-0.2, -0.15) is 0 Å². The quantitative estimate of drug-likeness (QED) is 0.609. The lowest BCUT2D eigenvalue weighted by Crippen LogP contribution is -2.32. The molecule has 1 aromatic rings. The fraction of sp³-hybridized carbons (Fsp3) is 0.385. The zero-order valence-corrected chi connectivity index (χ0v) is 13.7. The molecule has 0 spiro atoms. The molecule has 0 aromatic heterocycles. The molecule has 1 aromatic carbocycles. The Kier molecular flexibility index (Phi) is 4.95. The van der Waals surface area contributed by atoms with Crippen LogP contribution in [-0.2, 0) is 4.74 Å². The highest BCUT2D eigenvalue weighted by Gasteiger charge is 2.26. The van der Waals surface area contributed by atoms with E-state index in [4.69, 9.17) is 9.84 Å². The van der Waals surface area contributed by atoms with Crippen molar-refractivity contribution in [3.63, 3.8) is 0 Å². The summed E-state index contributed by atoms with van der Waals surface area (Å²) in [6.07, 6.45) is -1.14. The maximum Gasteiger partial charge on any atom is 0.443 e. The van der Waals surface area contributed by atoms with E-state index >= 15 is 0 Å². The molecule has 7 heteroatoms. The molecule has 0 unspecified atom stereocenters. The van der Waals surface area contributed by atoms with Gasteiger partial charge in [-0.3, -0.25) is 0 Å². The lowest BCUT2D eigenvalue weighted by molar-refractivity contribution is 0.0500. The van der Waals surface area contributed by atoms with Gasteiger partial charge in [-0.15, -0.1) is 5.12 Å². The van der Waals surface area contributed by atoms with E-state index in [0.29, 0.717) is 9.13 Å². The topological polar surface area (TPSA) is 66.8 Å². The molecule has 0 aliphatic rings. The van der Waals surface area contributed by atoms with Crippen molar-refractivity contribution in [3.8, 4) is 0 Å². The van der Waals surface area contributed by atoms with Gasteiger partial charge < -0.3 is 9.84 Å². The predicted octanol–water partition coefficient (Wildman–Crippen LogP) is 3.92. The minimum Gasteiger partial charge on any atom is -0.478 e. The van der Waals surface area contributed by atoms with Crippen LogP contribution in [0.4, 0.5) is 15.0 Å². The van der Waals surface area contributed by atoms with Crippen LogP contribution in [0.3, 0.4) is 0 Å². The number of aromatic carboxylic acids is 1. The van der Waals surface area contributed by atoms with E-state index in [0.717, 1.165) is 0 Å². The van der Waals surface area contributed by atoms with Gasteiger partial charge in [0.15, 0.2) is 0 Å². The summed E-state index contributed by atoms with van der Waals surface area (Å²) >= 11 is 1.80. The zero-order chi connectivity index (χ0) is 15.7. The highest BCUT2D eigenvalue weighted by Crippen LogP contribution is 2.29. The number of carbonyl (C=O) groups excluding carboxylic acids is 1. The Bertz CT molecular complexity index is 554. The fourth-order valence-corrected chi connectivity index (χ4v) is 2.14. The number of carboxylic acid groups (broad SMARTS) is 1. The van der Waals surface area contributed by atoms with Gasteiger partial charge in [-0.25, -0.2) is 9.59 Å². The van der Waals surface area contributed by atoms with Crippen LogP contribution in [0.15, 0.2) is 12.1 Å². The highest BCUT2D eigenvalue weighted by atomic mass is 127. The maximum atomic E-state index is 14.0. The van der Waals surface area contributed by atoms with Crippen LogP contribution in [0.2, 0.25) is 0 Å². The minimum atomic E-state index is -1.14. The van der Waals surface area contributed by atoms with Crippen molar-refractivity contribution in [1.29, 1.82) is 0 Å². The van der Waals surface area contributed by atoms with Gasteiger partial charge in [0, 0.05) is 3.57 Å². The van der Waals surface area contributed by atoms with E-state index in [1.165, 1.54) is 12.1 Å². The lowest BCUT2D eigenvalue weighted by Gasteiger charge is -2.22. The van der Waals surface area contributed by atoms with E-state index in [9.17, 15) is 14.1 Å². The lowest BCUT2D eigenvalue weighted by atomic mass is 10.1. The van der Waals surface area contributed by atoms with Gasteiger partial charge >= 0.3 is 12.1 Å². The average molecular weight is 395 g/mol. The van der Waals surface area contributed by atoms with Crippen LogP contribution in [0.25, 0.3) is 0 Å². The van der Waals surface area contributed by atoms with Crippen LogP contribution in [0, 0.1) is 10.5 Å². The van der Waals surface area contributed by atoms with Crippen molar-refractivity contribution in [1.82, 2.24) is 0 Å². The number of halogens is 2.